The van der Waals surface area contributed by atoms with E-state index in [1.165, 1.54) is 0 Å². The normalized spacial score (nSPS) is 0.400. The largest absolute Gasteiger partial charge is 2.00 e. The maximum Gasteiger partial charge on any atom is 2.00 e. The quantitative estimate of drug-likeness (QED) is 0.200. The van der Waals surface area contributed by atoms with Crippen LogP contribution in [0.25, 0.3) is 0 Å². The van der Waals surface area contributed by atoms with E-state index in [0.29, 0.717) is 0 Å². The molecule has 0 atom stereocenters. The molecule has 68 valence electrons. The van der Waals surface area contributed by atoms with Gasteiger partial charge in [-0.05, 0) is 0 Å². The average molecular weight is 588 g/mol. The molecular weight excluding hydrogens is 588 g/mol. The molecule has 0 aromatic heterocycles. The number of halogens is 4. The average Bonchev–Trinajstić information content (AvgIpc) is 1.50. The van der Waals surface area contributed by atoms with Crippen LogP contribution in [0.2, 0.25) is 0 Å². The van der Waals surface area contributed by atoms with Crippen molar-refractivity contribution in [2.75, 3.05) is 0 Å². The van der Waals surface area contributed by atoms with Crippen LogP contribution < -0.4 is 49.6 Å². The summed E-state index contributed by atoms with van der Waals surface area (Å²) < 4.78 is 15.0. The van der Waals surface area contributed by atoms with Gasteiger partial charge >= 0.3 is 64.7 Å². The first-order valence-corrected chi connectivity index (χ1v) is 0.408. The van der Waals surface area contributed by atoms with Gasteiger partial charge < -0.3 is 49.6 Å². The molecule has 0 rings (SSSR count). The van der Waals surface area contributed by atoms with Crippen LogP contribution in [-0.4, -0.2) is 0 Å². The second kappa shape index (κ2) is 272. The van der Waals surface area contributed by atoms with Crippen molar-refractivity contribution >= 4 is 0 Å². The smallest absolute Gasteiger partial charge is 1.00 e. The van der Waals surface area contributed by atoms with Gasteiger partial charge in [-0.25, -0.2) is 0 Å². The fourth-order valence-corrected chi connectivity index (χ4v) is 0. The molecule has 0 aliphatic heterocycles. The van der Waals surface area contributed by atoms with Crippen molar-refractivity contribution in [2.24, 2.45) is 0 Å². The predicted molar refractivity (Wildman–Crippen MR) is 7.86 cm³/mol. The van der Waals surface area contributed by atoms with Gasteiger partial charge in [0, 0.05) is 0 Å². The molecule has 0 spiro atoms. The molecule has 0 unspecified atom stereocenters. The molecule has 0 aliphatic carbocycles. The fourth-order valence-electron chi connectivity index (χ4n) is 0. The van der Waals surface area contributed by atoms with Crippen molar-refractivity contribution in [3.63, 3.8) is 0 Å². The molecule has 0 bridgehead atoms. The maximum atomic E-state index is 7.50. The van der Waals surface area contributed by atoms with Gasteiger partial charge in [-0.1, -0.05) is 0 Å². The Hall–Kier alpha value is 2.02. The number of hydrogen-bond donors (Lipinski definition) is 0. The van der Waals surface area contributed by atoms with E-state index in [9.17, 15) is 0 Å². The predicted octanol–water partition coefficient (Wildman–Crippen LogP) is -12.1. The van der Waals surface area contributed by atoms with Gasteiger partial charge in [0.25, 0.3) is 0 Å². The van der Waals surface area contributed by atoms with Gasteiger partial charge in [0.15, 0.2) is 0 Å². The molecular formula is C2Cl4O2Pt2. The fraction of sp³-hybridized carbons (Fsp3) is 0. The summed E-state index contributed by atoms with van der Waals surface area (Å²) in [6.07, 6.45) is 0. The molecule has 0 radical (unpaired) electrons. The third-order valence-corrected chi connectivity index (χ3v) is 0. The third kappa shape index (κ3) is 200. The summed E-state index contributed by atoms with van der Waals surface area (Å²) >= 11 is 0. The molecule has 0 heterocycles. The second-order valence-corrected chi connectivity index (χ2v) is 0. The molecule has 0 saturated heterocycles. The maximum absolute atomic E-state index is 7.50. The van der Waals surface area contributed by atoms with E-state index < -0.39 is 0 Å². The zero-order chi connectivity index (χ0) is 4.00. The number of hydrogen-bond acceptors (Lipinski definition) is 0. The Morgan fingerprint density at radius 3 is 0.500 bits per heavy atom. The van der Waals surface area contributed by atoms with Crippen molar-refractivity contribution in [1.29, 1.82) is 0 Å². The van der Waals surface area contributed by atoms with Gasteiger partial charge in [0.1, 0.15) is 0 Å². The first-order valence-electron chi connectivity index (χ1n) is 0.408. The van der Waals surface area contributed by atoms with Crippen molar-refractivity contribution < 1.29 is 101 Å². The van der Waals surface area contributed by atoms with Crippen LogP contribution in [0.1, 0.15) is 0 Å². The van der Waals surface area contributed by atoms with Crippen molar-refractivity contribution in [3.8, 4) is 0 Å². The minimum atomic E-state index is 0. The Kier molecular flexibility index (Phi) is 2460. The topological polar surface area (TPSA) is 39.8 Å². The minimum absolute atomic E-state index is 0. The van der Waals surface area contributed by atoms with Gasteiger partial charge in [0.2, 0.25) is 0 Å². The summed E-state index contributed by atoms with van der Waals surface area (Å²) in [6, 6.07) is 0. The first-order chi connectivity index (χ1) is 2.00. The van der Waals surface area contributed by atoms with E-state index >= 15 is 0 Å². The molecule has 0 aromatic rings. The third-order valence-electron chi connectivity index (χ3n) is 0. The van der Waals surface area contributed by atoms with E-state index in [1.807, 2.05) is 0 Å². The van der Waals surface area contributed by atoms with Gasteiger partial charge in [-0.2, -0.15) is 0 Å². The molecule has 0 N–H and O–H groups in total. The summed E-state index contributed by atoms with van der Waals surface area (Å²) in [4.78, 5) is 0. The van der Waals surface area contributed by atoms with Gasteiger partial charge in [-0.3, -0.25) is 0 Å². The molecule has 0 aliphatic rings. The van der Waals surface area contributed by atoms with E-state index in [2.05, 4.69) is 13.3 Å². The molecule has 0 aromatic carbocycles. The Bertz CT molecular complexity index is 34.7. The molecule has 10 heavy (non-hydrogen) atoms. The zero-order valence-corrected chi connectivity index (χ0v) is 11.5. The number of rotatable bonds is 0. The Labute approximate surface area is 113 Å². The minimum Gasteiger partial charge on any atom is -1.00 e. The van der Waals surface area contributed by atoms with Gasteiger partial charge in [0.05, 0.1) is 0 Å². The van der Waals surface area contributed by atoms with Crippen LogP contribution in [0, 0.1) is 13.3 Å². The van der Waals surface area contributed by atoms with Crippen molar-refractivity contribution in [1.82, 2.24) is 0 Å². The summed E-state index contributed by atoms with van der Waals surface area (Å²) in [5.41, 5.74) is 0. The van der Waals surface area contributed by atoms with Crippen LogP contribution in [0.15, 0.2) is 0 Å². The summed E-state index contributed by atoms with van der Waals surface area (Å²) in [5.74, 6) is 0. The standard InChI is InChI=1S/2CO.4ClH.2Pt/c2*1-2;;;;;;/h;;4*1H;;/q;;;;;;2*+2/p-4. The van der Waals surface area contributed by atoms with Crippen LogP contribution >= 0.6 is 0 Å². The molecule has 0 amide bonds. The summed E-state index contributed by atoms with van der Waals surface area (Å²) in [6.45, 7) is 9.00. The van der Waals surface area contributed by atoms with E-state index in [0.717, 1.165) is 0 Å². The monoisotopic (exact) mass is 586 g/mol. The van der Waals surface area contributed by atoms with E-state index in [4.69, 9.17) is 9.30 Å². The van der Waals surface area contributed by atoms with Crippen LogP contribution in [-0.2, 0) is 51.4 Å². The van der Waals surface area contributed by atoms with Crippen molar-refractivity contribution in [3.05, 3.63) is 13.3 Å². The summed E-state index contributed by atoms with van der Waals surface area (Å²) in [7, 11) is 0. The molecule has 0 saturated carbocycles. The van der Waals surface area contributed by atoms with Crippen LogP contribution in [0.4, 0.5) is 0 Å². The Balaban J connectivity index is -0.000000000833. The summed E-state index contributed by atoms with van der Waals surface area (Å²) in [5, 5.41) is 0. The molecule has 2 nitrogen and oxygen atoms in total. The molecule has 0 fully saturated rings. The SMILES string of the molecule is [C-]#[O+].[C-]#[O+].[Cl-].[Cl-].[Cl-].[Cl-].[Pt+2].[Pt+2]. The zero-order valence-electron chi connectivity index (χ0n) is 3.96. The second-order valence-electron chi connectivity index (χ2n) is 0. The van der Waals surface area contributed by atoms with E-state index in [1.54, 1.807) is 0 Å². The Morgan fingerprint density at radius 2 is 0.500 bits per heavy atom. The first kappa shape index (κ1) is 90.4. The Morgan fingerprint density at radius 1 is 0.500 bits per heavy atom. The van der Waals surface area contributed by atoms with Crippen LogP contribution in [0.3, 0.4) is 0 Å². The van der Waals surface area contributed by atoms with E-state index in [-0.39, 0.29) is 91.8 Å². The van der Waals surface area contributed by atoms with Gasteiger partial charge in [-0.15, -0.1) is 0 Å². The van der Waals surface area contributed by atoms with Crippen molar-refractivity contribution in [2.45, 2.75) is 0 Å². The van der Waals surface area contributed by atoms with Crippen LogP contribution in [0.5, 0.6) is 0 Å². The molecule has 8 heteroatoms.